The van der Waals surface area contributed by atoms with Gasteiger partial charge in [-0.1, -0.05) is 0 Å². The Morgan fingerprint density at radius 2 is 1.85 bits per heavy atom. The van der Waals surface area contributed by atoms with Crippen molar-refractivity contribution in [1.82, 2.24) is 9.78 Å². The number of anilines is 2. The molecule has 1 aromatic carbocycles. The summed E-state index contributed by atoms with van der Waals surface area (Å²) in [7, 11) is 0. The van der Waals surface area contributed by atoms with Crippen LogP contribution >= 0.6 is 0 Å². The van der Waals surface area contributed by atoms with Crippen molar-refractivity contribution in [3.05, 3.63) is 45.8 Å². The van der Waals surface area contributed by atoms with Crippen LogP contribution in [-0.2, 0) is 4.79 Å². The van der Waals surface area contributed by atoms with Gasteiger partial charge >= 0.3 is 5.69 Å². The second-order valence-electron chi connectivity index (χ2n) is 6.11. The van der Waals surface area contributed by atoms with Crippen LogP contribution in [0.5, 0.6) is 0 Å². The fourth-order valence-electron chi connectivity index (χ4n) is 3.00. The number of nitro groups is 1. The number of benzene rings is 1. The Labute approximate surface area is 153 Å². The van der Waals surface area contributed by atoms with Crippen molar-refractivity contribution < 1.29 is 9.72 Å². The predicted molar refractivity (Wildman–Crippen MR) is 102 cm³/mol. The molecule has 2 aromatic rings. The summed E-state index contributed by atoms with van der Waals surface area (Å²) in [4.78, 5) is 25.4. The quantitative estimate of drug-likeness (QED) is 0.603. The van der Waals surface area contributed by atoms with Crippen LogP contribution in [-0.4, -0.2) is 33.7 Å². The highest BCUT2D eigenvalue weighted by molar-refractivity contribution is 5.93. The van der Waals surface area contributed by atoms with Gasteiger partial charge in [-0.15, -0.1) is 0 Å². The largest absolute Gasteiger partial charge is 0.372 e. The third-order valence-electron chi connectivity index (χ3n) is 4.48. The fraction of sp³-hybridized carbons (Fsp3) is 0.444. The average Bonchev–Trinajstić information content (AvgIpc) is 2.91. The Hall–Kier alpha value is -2.90. The van der Waals surface area contributed by atoms with E-state index in [1.807, 2.05) is 24.3 Å². The molecular formula is C18H25N5O3. The molecule has 0 saturated carbocycles. The molecule has 0 aliphatic heterocycles. The summed E-state index contributed by atoms with van der Waals surface area (Å²) in [6.07, 6.45) is 0. The maximum Gasteiger partial charge on any atom is 0.312 e. The van der Waals surface area contributed by atoms with Crippen molar-refractivity contribution in [2.45, 2.75) is 40.7 Å². The van der Waals surface area contributed by atoms with Crippen molar-refractivity contribution in [2.24, 2.45) is 0 Å². The molecule has 0 bridgehead atoms. The number of hydrogen-bond donors (Lipinski definition) is 1. The number of carbonyl (C=O) groups is 1. The lowest BCUT2D eigenvalue weighted by atomic mass is 10.2. The minimum Gasteiger partial charge on any atom is -0.372 e. The molecule has 1 unspecified atom stereocenters. The summed E-state index contributed by atoms with van der Waals surface area (Å²) in [6.45, 7) is 10.8. The van der Waals surface area contributed by atoms with Crippen molar-refractivity contribution in [3.8, 4) is 0 Å². The Bertz CT molecular complexity index is 794. The lowest BCUT2D eigenvalue weighted by molar-refractivity contribution is -0.386. The van der Waals surface area contributed by atoms with Crippen LogP contribution in [0.15, 0.2) is 24.3 Å². The van der Waals surface area contributed by atoms with Crippen LogP contribution in [0.4, 0.5) is 17.1 Å². The van der Waals surface area contributed by atoms with Gasteiger partial charge < -0.3 is 10.2 Å². The molecule has 8 nitrogen and oxygen atoms in total. The van der Waals surface area contributed by atoms with E-state index in [-0.39, 0.29) is 11.6 Å². The van der Waals surface area contributed by atoms with Gasteiger partial charge in [-0.3, -0.25) is 19.6 Å². The minimum absolute atomic E-state index is 0.0479. The van der Waals surface area contributed by atoms with Gasteiger partial charge in [-0.25, -0.2) is 0 Å². The normalized spacial score (nSPS) is 11.9. The maximum atomic E-state index is 12.5. The Balaban J connectivity index is 2.15. The molecule has 0 radical (unpaired) electrons. The summed E-state index contributed by atoms with van der Waals surface area (Å²) in [5.41, 5.74) is 2.39. The molecule has 1 aromatic heterocycles. The van der Waals surface area contributed by atoms with Gasteiger partial charge in [-0.05, 0) is 58.9 Å². The number of hydrogen-bond acceptors (Lipinski definition) is 5. The predicted octanol–water partition coefficient (Wildman–Crippen LogP) is 3.45. The van der Waals surface area contributed by atoms with E-state index in [2.05, 4.69) is 29.2 Å². The number of carbonyl (C=O) groups excluding carboxylic acids is 1. The molecular weight excluding hydrogens is 334 g/mol. The van der Waals surface area contributed by atoms with Gasteiger partial charge in [0.2, 0.25) is 5.91 Å². The molecule has 0 aliphatic rings. The standard InChI is InChI=1S/C18H25N5O3/c1-6-21(7-2)16-10-8-15(9-11-16)19-18(24)14(5)22-13(4)17(23(25)26)12(3)20-22/h8-11,14H,6-7H2,1-5H3,(H,19,24). The molecule has 2 rings (SSSR count). The van der Waals surface area contributed by atoms with Gasteiger partial charge in [0, 0.05) is 24.5 Å². The third kappa shape index (κ3) is 3.84. The molecule has 0 aliphatic carbocycles. The zero-order valence-electron chi connectivity index (χ0n) is 15.8. The van der Waals surface area contributed by atoms with Gasteiger partial charge in [-0.2, -0.15) is 5.10 Å². The molecule has 140 valence electrons. The van der Waals surface area contributed by atoms with Crippen molar-refractivity contribution in [2.75, 3.05) is 23.3 Å². The average molecular weight is 359 g/mol. The first kappa shape index (κ1) is 19.4. The topological polar surface area (TPSA) is 93.3 Å². The van der Waals surface area contributed by atoms with Crippen LogP contribution < -0.4 is 10.2 Å². The summed E-state index contributed by atoms with van der Waals surface area (Å²) in [5, 5.41) is 18.1. The molecule has 0 fully saturated rings. The first-order valence-corrected chi connectivity index (χ1v) is 8.66. The SMILES string of the molecule is CCN(CC)c1ccc(NC(=O)C(C)n2nc(C)c([N+](=O)[O-])c2C)cc1. The molecule has 1 atom stereocenters. The first-order chi connectivity index (χ1) is 12.3. The van der Waals surface area contributed by atoms with Crippen molar-refractivity contribution in [1.29, 1.82) is 0 Å². The molecule has 0 saturated heterocycles. The molecule has 8 heteroatoms. The van der Waals surface area contributed by atoms with Crippen LogP contribution in [0.3, 0.4) is 0 Å². The second-order valence-corrected chi connectivity index (χ2v) is 6.11. The Morgan fingerprint density at radius 3 is 2.31 bits per heavy atom. The van der Waals surface area contributed by atoms with E-state index in [9.17, 15) is 14.9 Å². The smallest absolute Gasteiger partial charge is 0.312 e. The van der Waals surface area contributed by atoms with Crippen LogP contribution in [0.25, 0.3) is 0 Å². The lowest BCUT2D eigenvalue weighted by Gasteiger charge is -2.21. The monoisotopic (exact) mass is 359 g/mol. The fourth-order valence-corrected chi connectivity index (χ4v) is 3.00. The highest BCUT2D eigenvalue weighted by Gasteiger charge is 2.27. The van der Waals surface area contributed by atoms with Crippen molar-refractivity contribution in [3.63, 3.8) is 0 Å². The van der Waals surface area contributed by atoms with E-state index in [1.165, 1.54) is 4.68 Å². The van der Waals surface area contributed by atoms with Crippen molar-refractivity contribution >= 4 is 23.0 Å². The Morgan fingerprint density at radius 1 is 1.27 bits per heavy atom. The molecule has 1 N–H and O–H groups in total. The third-order valence-corrected chi connectivity index (χ3v) is 4.48. The van der Waals surface area contributed by atoms with Gasteiger partial charge in [0.1, 0.15) is 17.4 Å². The molecule has 0 spiro atoms. The van der Waals surface area contributed by atoms with Crippen LogP contribution in [0.1, 0.15) is 38.2 Å². The van der Waals surface area contributed by atoms with E-state index in [0.29, 0.717) is 17.1 Å². The zero-order valence-corrected chi connectivity index (χ0v) is 15.8. The number of rotatable bonds is 7. The van der Waals surface area contributed by atoms with E-state index < -0.39 is 11.0 Å². The minimum atomic E-state index is -0.662. The number of aryl methyl sites for hydroxylation is 1. The first-order valence-electron chi connectivity index (χ1n) is 8.66. The van der Waals surface area contributed by atoms with E-state index in [1.54, 1.807) is 20.8 Å². The highest BCUT2D eigenvalue weighted by atomic mass is 16.6. The number of nitrogens with zero attached hydrogens (tertiary/aromatic N) is 4. The van der Waals surface area contributed by atoms with E-state index in [0.717, 1.165) is 18.8 Å². The van der Waals surface area contributed by atoms with Gasteiger partial charge in [0.25, 0.3) is 0 Å². The number of aromatic nitrogens is 2. The number of amides is 1. The summed E-state index contributed by atoms with van der Waals surface area (Å²) in [5.74, 6) is -0.277. The summed E-state index contributed by atoms with van der Waals surface area (Å²) >= 11 is 0. The molecule has 1 amide bonds. The molecule has 26 heavy (non-hydrogen) atoms. The van der Waals surface area contributed by atoms with Crippen LogP contribution in [0.2, 0.25) is 0 Å². The van der Waals surface area contributed by atoms with E-state index >= 15 is 0 Å². The summed E-state index contributed by atoms with van der Waals surface area (Å²) in [6, 6.07) is 6.96. The van der Waals surface area contributed by atoms with E-state index in [4.69, 9.17) is 0 Å². The zero-order chi connectivity index (χ0) is 19.4. The lowest BCUT2D eigenvalue weighted by Crippen LogP contribution is -2.25. The number of nitrogens with one attached hydrogen (secondary N) is 1. The van der Waals surface area contributed by atoms with Gasteiger partial charge in [0.05, 0.1) is 4.92 Å². The highest BCUT2D eigenvalue weighted by Crippen LogP contribution is 2.25. The maximum absolute atomic E-state index is 12.5. The van der Waals surface area contributed by atoms with Gasteiger partial charge in [0.15, 0.2) is 0 Å². The van der Waals surface area contributed by atoms with Crippen LogP contribution in [0, 0.1) is 24.0 Å². The summed E-state index contributed by atoms with van der Waals surface area (Å²) < 4.78 is 1.40. The molecule has 1 heterocycles. The Kier molecular flexibility index (Phi) is 5.97. The second kappa shape index (κ2) is 7.99.